The first kappa shape index (κ1) is 15.3. The summed E-state index contributed by atoms with van der Waals surface area (Å²) in [6, 6.07) is 8.73. The summed E-state index contributed by atoms with van der Waals surface area (Å²) >= 11 is 1.42. The van der Waals surface area contributed by atoms with Crippen molar-refractivity contribution in [2.75, 3.05) is 5.32 Å². The van der Waals surface area contributed by atoms with Gasteiger partial charge in [-0.05, 0) is 62.1 Å². The van der Waals surface area contributed by atoms with Gasteiger partial charge in [0, 0.05) is 10.9 Å². The molecule has 1 N–H and O–H groups in total. The number of thiazole rings is 1. The molecule has 0 radical (unpaired) electrons. The molecule has 2 aliphatic rings. The van der Waals surface area contributed by atoms with Crippen molar-refractivity contribution >= 4 is 22.4 Å². The number of aromatic nitrogens is 1. The van der Waals surface area contributed by atoms with E-state index in [0.717, 1.165) is 24.1 Å². The van der Waals surface area contributed by atoms with E-state index in [1.165, 1.54) is 41.7 Å². The summed E-state index contributed by atoms with van der Waals surface area (Å²) in [7, 11) is 0. The van der Waals surface area contributed by atoms with Gasteiger partial charge in [-0.25, -0.2) is 4.98 Å². The van der Waals surface area contributed by atoms with Crippen molar-refractivity contribution in [1.29, 1.82) is 5.26 Å². The third kappa shape index (κ3) is 2.61. The van der Waals surface area contributed by atoms with Crippen LogP contribution >= 0.6 is 11.3 Å². The predicted molar refractivity (Wildman–Crippen MR) is 94.7 cm³/mol. The molecule has 1 amide bonds. The largest absolute Gasteiger partial charge is 0.301 e. The van der Waals surface area contributed by atoms with Gasteiger partial charge in [-0.3, -0.25) is 4.79 Å². The summed E-state index contributed by atoms with van der Waals surface area (Å²) in [5.74, 6) is -0.206. The molecule has 2 aromatic rings. The lowest BCUT2D eigenvalue weighted by Gasteiger charge is -2.32. The molecule has 122 valence electrons. The van der Waals surface area contributed by atoms with Gasteiger partial charge in [0.25, 0.3) is 0 Å². The van der Waals surface area contributed by atoms with Crippen LogP contribution in [0.2, 0.25) is 0 Å². The Kier molecular flexibility index (Phi) is 3.85. The summed E-state index contributed by atoms with van der Waals surface area (Å²) in [5, 5.41) is 14.6. The average Bonchev–Trinajstić information content (AvgIpc) is 3.02. The van der Waals surface area contributed by atoms with Crippen LogP contribution in [0, 0.1) is 16.7 Å². The van der Waals surface area contributed by atoms with Crippen LogP contribution < -0.4 is 5.32 Å². The number of amides is 1. The third-order valence-electron chi connectivity index (χ3n) is 5.22. The number of nitrogens with one attached hydrogen (secondary N) is 1. The van der Waals surface area contributed by atoms with E-state index >= 15 is 0 Å². The Labute approximate surface area is 145 Å². The fourth-order valence-corrected chi connectivity index (χ4v) is 4.21. The summed E-state index contributed by atoms with van der Waals surface area (Å²) < 4.78 is 0. The van der Waals surface area contributed by atoms with Crippen molar-refractivity contribution in [2.24, 2.45) is 5.41 Å². The number of nitriles is 1. The standard InChI is InChI=1S/C19H19N3OS/c20-12-19(8-3-9-19)17(23)22-18-21-16(11-24-18)15-7-6-13-4-1-2-5-14(13)10-15/h6-7,10-11H,1-5,8-9H2,(H,21,22,23). The molecule has 0 saturated heterocycles. The van der Waals surface area contributed by atoms with Crippen LogP contribution in [-0.4, -0.2) is 10.9 Å². The second-order valence-electron chi connectivity index (χ2n) is 6.73. The number of benzene rings is 1. The number of aryl methyl sites for hydroxylation is 2. The zero-order valence-corrected chi connectivity index (χ0v) is 14.3. The molecular formula is C19H19N3OS. The highest BCUT2D eigenvalue weighted by atomic mass is 32.1. The number of anilines is 1. The van der Waals surface area contributed by atoms with Gasteiger partial charge in [0.05, 0.1) is 11.8 Å². The maximum atomic E-state index is 12.3. The molecule has 1 aromatic heterocycles. The normalized spacial score (nSPS) is 18.1. The summed E-state index contributed by atoms with van der Waals surface area (Å²) in [5.41, 5.74) is 4.04. The Hall–Kier alpha value is -2.19. The van der Waals surface area contributed by atoms with Gasteiger partial charge < -0.3 is 5.32 Å². The van der Waals surface area contributed by atoms with Crippen molar-refractivity contribution in [3.63, 3.8) is 0 Å². The zero-order valence-electron chi connectivity index (χ0n) is 13.5. The lowest BCUT2D eigenvalue weighted by Crippen LogP contribution is -2.40. The number of fused-ring (bicyclic) bond motifs is 1. The number of carbonyl (C=O) groups excluding carboxylic acids is 1. The quantitative estimate of drug-likeness (QED) is 0.907. The number of rotatable bonds is 3. The Morgan fingerprint density at radius 2 is 2.00 bits per heavy atom. The van der Waals surface area contributed by atoms with Gasteiger partial charge in [0.2, 0.25) is 5.91 Å². The van der Waals surface area contributed by atoms with Crippen LogP contribution in [0.3, 0.4) is 0 Å². The monoisotopic (exact) mass is 337 g/mol. The van der Waals surface area contributed by atoms with E-state index in [2.05, 4.69) is 34.6 Å². The minimum atomic E-state index is -0.836. The van der Waals surface area contributed by atoms with E-state index in [-0.39, 0.29) is 5.91 Å². The Balaban J connectivity index is 1.53. The maximum absolute atomic E-state index is 12.3. The topological polar surface area (TPSA) is 65.8 Å². The number of nitrogens with zero attached hydrogens (tertiary/aromatic N) is 2. The molecule has 1 heterocycles. The van der Waals surface area contributed by atoms with Crippen LogP contribution in [0.15, 0.2) is 23.6 Å². The number of carbonyl (C=O) groups is 1. The van der Waals surface area contributed by atoms with E-state index in [1.807, 2.05) is 5.38 Å². The first-order valence-corrected chi connectivity index (χ1v) is 9.39. The van der Waals surface area contributed by atoms with Crippen LogP contribution in [0.5, 0.6) is 0 Å². The molecule has 1 fully saturated rings. The molecule has 4 rings (SSSR count). The molecule has 5 heteroatoms. The highest BCUT2D eigenvalue weighted by Gasteiger charge is 2.44. The summed E-state index contributed by atoms with van der Waals surface area (Å²) in [6.45, 7) is 0. The molecule has 1 aromatic carbocycles. The van der Waals surface area contributed by atoms with E-state index in [4.69, 9.17) is 0 Å². The smallest absolute Gasteiger partial charge is 0.246 e. The molecule has 24 heavy (non-hydrogen) atoms. The van der Waals surface area contributed by atoms with Crippen molar-refractivity contribution in [3.8, 4) is 17.3 Å². The fourth-order valence-electron chi connectivity index (χ4n) is 3.49. The highest BCUT2D eigenvalue weighted by molar-refractivity contribution is 7.14. The van der Waals surface area contributed by atoms with Crippen LogP contribution in [0.4, 0.5) is 5.13 Å². The van der Waals surface area contributed by atoms with Gasteiger partial charge in [-0.15, -0.1) is 11.3 Å². The van der Waals surface area contributed by atoms with E-state index in [0.29, 0.717) is 18.0 Å². The van der Waals surface area contributed by atoms with Crippen molar-refractivity contribution < 1.29 is 4.79 Å². The molecule has 0 bridgehead atoms. The van der Waals surface area contributed by atoms with E-state index in [1.54, 1.807) is 0 Å². The second kappa shape index (κ2) is 6.03. The van der Waals surface area contributed by atoms with Gasteiger partial charge in [-0.2, -0.15) is 5.26 Å². The molecular weight excluding hydrogens is 318 g/mol. The Morgan fingerprint density at radius 1 is 1.21 bits per heavy atom. The highest BCUT2D eigenvalue weighted by Crippen LogP contribution is 2.41. The third-order valence-corrected chi connectivity index (χ3v) is 5.98. The molecule has 0 aliphatic heterocycles. The number of hydrogen-bond donors (Lipinski definition) is 1. The SMILES string of the molecule is N#CC1(C(=O)Nc2nc(-c3ccc4c(c3)CCCC4)cs2)CCC1. The van der Waals surface area contributed by atoms with E-state index < -0.39 is 5.41 Å². The van der Waals surface area contributed by atoms with E-state index in [9.17, 15) is 10.1 Å². The lowest BCUT2D eigenvalue weighted by atomic mass is 9.69. The van der Waals surface area contributed by atoms with Gasteiger partial charge >= 0.3 is 0 Å². The van der Waals surface area contributed by atoms with Crippen molar-refractivity contribution in [1.82, 2.24) is 4.98 Å². The minimum absolute atomic E-state index is 0.206. The van der Waals surface area contributed by atoms with Gasteiger partial charge in [0.15, 0.2) is 5.13 Å². The second-order valence-corrected chi connectivity index (χ2v) is 7.59. The van der Waals surface area contributed by atoms with Crippen LogP contribution in [0.1, 0.15) is 43.2 Å². The predicted octanol–water partition coefficient (Wildman–Crippen LogP) is 4.32. The number of hydrogen-bond acceptors (Lipinski definition) is 4. The van der Waals surface area contributed by atoms with Gasteiger partial charge in [-0.1, -0.05) is 12.1 Å². The van der Waals surface area contributed by atoms with Crippen LogP contribution in [0.25, 0.3) is 11.3 Å². The average molecular weight is 337 g/mol. The molecule has 2 aliphatic carbocycles. The maximum Gasteiger partial charge on any atom is 0.246 e. The first-order valence-electron chi connectivity index (χ1n) is 8.51. The molecule has 4 nitrogen and oxygen atoms in total. The van der Waals surface area contributed by atoms with Gasteiger partial charge in [0.1, 0.15) is 5.41 Å². The fraction of sp³-hybridized carbons (Fsp3) is 0.421. The summed E-state index contributed by atoms with van der Waals surface area (Å²) in [6.07, 6.45) is 7.09. The lowest BCUT2D eigenvalue weighted by molar-refractivity contribution is -0.126. The molecule has 0 spiro atoms. The Bertz CT molecular complexity index is 829. The molecule has 0 unspecified atom stereocenters. The van der Waals surface area contributed by atoms with Crippen molar-refractivity contribution in [2.45, 2.75) is 44.9 Å². The zero-order chi connectivity index (χ0) is 16.6. The Morgan fingerprint density at radius 3 is 2.71 bits per heavy atom. The summed E-state index contributed by atoms with van der Waals surface area (Å²) in [4.78, 5) is 16.9. The first-order chi connectivity index (χ1) is 11.7. The van der Waals surface area contributed by atoms with Crippen molar-refractivity contribution in [3.05, 3.63) is 34.7 Å². The van der Waals surface area contributed by atoms with Crippen LogP contribution in [-0.2, 0) is 17.6 Å². The minimum Gasteiger partial charge on any atom is -0.301 e. The molecule has 0 atom stereocenters. The molecule has 1 saturated carbocycles.